The lowest BCUT2D eigenvalue weighted by Crippen LogP contribution is -2.48. The van der Waals surface area contributed by atoms with Gasteiger partial charge < -0.3 is 5.32 Å². The molecule has 1 aromatic carbocycles. The fraction of sp³-hybridized carbons (Fsp3) is 0.625. The van der Waals surface area contributed by atoms with Gasteiger partial charge in [0.05, 0.1) is 0 Å². The number of likely N-dealkylation sites (N-methyl/N-ethyl adjacent to an activating group) is 2. The first-order chi connectivity index (χ1) is 8.68. The van der Waals surface area contributed by atoms with Crippen molar-refractivity contribution in [3.8, 4) is 0 Å². The number of nitrogens with zero attached hydrogens (tertiary/aromatic N) is 1. The van der Waals surface area contributed by atoms with E-state index in [2.05, 4.69) is 55.5 Å². The standard InChI is InChI=1S/C16H26N2/c1-14-7-4-5-8-15(14)9-11-16(13-17-2)10-6-12-18(16)3/h4-5,7-8,17H,6,9-13H2,1-3H3. The van der Waals surface area contributed by atoms with Crippen molar-refractivity contribution in [2.75, 3.05) is 27.2 Å². The summed E-state index contributed by atoms with van der Waals surface area (Å²) in [6.07, 6.45) is 5.12. The smallest absolute Gasteiger partial charge is 0.0334 e. The zero-order valence-corrected chi connectivity index (χ0v) is 12.0. The molecule has 0 aliphatic carbocycles. The summed E-state index contributed by atoms with van der Waals surface area (Å²) in [5.74, 6) is 0. The van der Waals surface area contributed by atoms with E-state index in [0.29, 0.717) is 5.54 Å². The number of hydrogen-bond donors (Lipinski definition) is 1. The molecule has 1 saturated heterocycles. The minimum absolute atomic E-state index is 0.372. The normalized spacial score (nSPS) is 24.6. The highest BCUT2D eigenvalue weighted by Gasteiger charge is 2.37. The maximum atomic E-state index is 3.39. The van der Waals surface area contributed by atoms with Gasteiger partial charge in [0.15, 0.2) is 0 Å². The van der Waals surface area contributed by atoms with Crippen LogP contribution in [0, 0.1) is 6.92 Å². The van der Waals surface area contributed by atoms with Crippen molar-refractivity contribution < 1.29 is 0 Å². The highest BCUT2D eigenvalue weighted by molar-refractivity contribution is 5.26. The molecule has 0 radical (unpaired) electrons. The van der Waals surface area contributed by atoms with Crippen molar-refractivity contribution >= 4 is 0 Å². The number of likely N-dealkylation sites (tertiary alicyclic amines) is 1. The maximum absolute atomic E-state index is 3.39. The molecule has 0 spiro atoms. The van der Waals surface area contributed by atoms with Gasteiger partial charge in [-0.1, -0.05) is 24.3 Å². The van der Waals surface area contributed by atoms with E-state index in [1.807, 2.05) is 0 Å². The van der Waals surface area contributed by atoms with E-state index in [0.717, 1.165) is 6.54 Å². The van der Waals surface area contributed by atoms with E-state index in [9.17, 15) is 0 Å². The van der Waals surface area contributed by atoms with Crippen LogP contribution in [0.1, 0.15) is 30.4 Å². The van der Waals surface area contributed by atoms with Crippen molar-refractivity contribution in [2.45, 2.75) is 38.1 Å². The van der Waals surface area contributed by atoms with Crippen LogP contribution in [0.25, 0.3) is 0 Å². The Morgan fingerprint density at radius 3 is 2.72 bits per heavy atom. The quantitative estimate of drug-likeness (QED) is 0.859. The van der Waals surface area contributed by atoms with E-state index in [1.165, 1.54) is 43.4 Å². The van der Waals surface area contributed by atoms with E-state index < -0.39 is 0 Å². The maximum Gasteiger partial charge on any atom is 0.0334 e. The second-order valence-electron chi connectivity index (χ2n) is 5.71. The molecule has 100 valence electrons. The van der Waals surface area contributed by atoms with E-state index >= 15 is 0 Å². The highest BCUT2D eigenvalue weighted by Crippen LogP contribution is 2.32. The molecule has 1 aliphatic heterocycles. The molecule has 1 N–H and O–H groups in total. The molecule has 1 fully saturated rings. The van der Waals surface area contributed by atoms with Gasteiger partial charge in [0, 0.05) is 12.1 Å². The van der Waals surface area contributed by atoms with Crippen LogP contribution in [0.4, 0.5) is 0 Å². The van der Waals surface area contributed by atoms with Crippen molar-refractivity contribution in [1.82, 2.24) is 10.2 Å². The number of nitrogens with one attached hydrogen (secondary N) is 1. The minimum atomic E-state index is 0.372. The van der Waals surface area contributed by atoms with Crippen LogP contribution in [0.2, 0.25) is 0 Å². The lowest BCUT2D eigenvalue weighted by Gasteiger charge is -2.36. The van der Waals surface area contributed by atoms with Crippen LogP contribution in [0.15, 0.2) is 24.3 Å². The van der Waals surface area contributed by atoms with Crippen molar-refractivity contribution in [1.29, 1.82) is 0 Å². The Balaban J connectivity index is 2.05. The summed E-state index contributed by atoms with van der Waals surface area (Å²) < 4.78 is 0. The topological polar surface area (TPSA) is 15.3 Å². The zero-order chi connectivity index (χ0) is 13.0. The van der Waals surface area contributed by atoms with Crippen molar-refractivity contribution in [3.05, 3.63) is 35.4 Å². The van der Waals surface area contributed by atoms with Crippen LogP contribution < -0.4 is 5.32 Å². The largest absolute Gasteiger partial charge is 0.318 e. The van der Waals surface area contributed by atoms with Crippen molar-refractivity contribution in [2.24, 2.45) is 0 Å². The van der Waals surface area contributed by atoms with Crippen molar-refractivity contribution in [3.63, 3.8) is 0 Å². The molecule has 2 heteroatoms. The predicted octanol–water partition coefficient (Wildman–Crippen LogP) is 2.61. The summed E-state index contributed by atoms with van der Waals surface area (Å²) in [4.78, 5) is 2.56. The third kappa shape index (κ3) is 2.76. The summed E-state index contributed by atoms with van der Waals surface area (Å²) in [7, 11) is 4.35. The Morgan fingerprint density at radius 2 is 2.11 bits per heavy atom. The molecule has 0 aromatic heterocycles. The summed E-state index contributed by atoms with van der Waals surface area (Å²) in [6, 6.07) is 8.78. The molecule has 1 aromatic rings. The van der Waals surface area contributed by atoms with Crippen LogP contribution in [-0.2, 0) is 6.42 Å². The zero-order valence-electron chi connectivity index (χ0n) is 12.0. The highest BCUT2D eigenvalue weighted by atomic mass is 15.2. The monoisotopic (exact) mass is 246 g/mol. The number of benzene rings is 1. The molecule has 1 unspecified atom stereocenters. The third-order valence-electron chi connectivity index (χ3n) is 4.57. The second-order valence-corrected chi connectivity index (χ2v) is 5.71. The second kappa shape index (κ2) is 5.85. The van der Waals surface area contributed by atoms with Crippen LogP contribution in [-0.4, -0.2) is 37.6 Å². The van der Waals surface area contributed by atoms with Gasteiger partial charge in [0.1, 0.15) is 0 Å². The molecular weight excluding hydrogens is 220 g/mol. The lowest BCUT2D eigenvalue weighted by molar-refractivity contribution is 0.159. The fourth-order valence-corrected chi connectivity index (χ4v) is 3.29. The molecule has 1 atom stereocenters. The Morgan fingerprint density at radius 1 is 1.33 bits per heavy atom. The average Bonchev–Trinajstić information content (AvgIpc) is 2.71. The van der Waals surface area contributed by atoms with Crippen LogP contribution in [0.3, 0.4) is 0 Å². The van der Waals surface area contributed by atoms with Gasteiger partial charge in [-0.05, 0) is 64.4 Å². The van der Waals surface area contributed by atoms with Gasteiger partial charge in [0.2, 0.25) is 0 Å². The Kier molecular flexibility index (Phi) is 4.41. The molecule has 1 heterocycles. The molecule has 2 nitrogen and oxygen atoms in total. The number of hydrogen-bond acceptors (Lipinski definition) is 2. The lowest BCUT2D eigenvalue weighted by atomic mass is 9.88. The first-order valence-electron chi connectivity index (χ1n) is 7.08. The average molecular weight is 246 g/mol. The molecule has 1 aliphatic rings. The van der Waals surface area contributed by atoms with E-state index in [4.69, 9.17) is 0 Å². The summed E-state index contributed by atoms with van der Waals surface area (Å²) in [5.41, 5.74) is 3.31. The molecule has 18 heavy (non-hydrogen) atoms. The van der Waals surface area contributed by atoms with Gasteiger partial charge in [-0.15, -0.1) is 0 Å². The summed E-state index contributed by atoms with van der Waals surface area (Å²) in [6.45, 7) is 4.57. The third-order valence-corrected chi connectivity index (χ3v) is 4.57. The Bertz CT molecular complexity index is 388. The van der Waals surface area contributed by atoms with Gasteiger partial charge in [-0.25, -0.2) is 0 Å². The molecular formula is C16H26N2. The van der Waals surface area contributed by atoms with Gasteiger partial charge in [-0.2, -0.15) is 0 Å². The van der Waals surface area contributed by atoms with Gasteiger partial charge >= 0.3 is 0 Å². The molecule has 0 saturated carbocycles. The van der Waals surface area contributed by atoms with E-state index in [-0.39, 0.29) is 0 Å². The molecule has 0 amide bonds. The van der Waals surface area contributed by atoms with E-state index in [1.54, 1.807) is 0 Å². The summed E-state index contributed by atoms with van der Waals surface area (Å²) >= 11 is 0. The first-order valence-corrected chi connectivity index (χ1v) is 7.08. The van der Waals surface area contributed by atoms with Crippen LogP contribution >= 0.6 is 0 Å². The minimum Gasteiger partial charge on any atom is -0.318 e. The van der Waals surface area contributed by atoms with Crippen LogP contribution in [0.5, 0.6) is 0 Å². The fourth-order valence-electron chi connectivity index (χ4n) is 3.29. The number of rotatable bonds is 5. The Labute approximate surface area is 111 Å². The SMILES string of the molecule is CNCC1(CCc2ccccc2C)CCCN1C. The molecule has 2 rings (SSSR count). The predicted molar refractivity (Wildman–Crippen MR) is 78.0 cm³/mol. The Hall–Kier alpha value is -0.860. The van der Waals surface area contributed by atoms with Gasteiger partial charge in [0.25, 0.3) is 0 Å². The molecule has 0 bridgehead atoms. The summed E-state index contributed by atoms with van der Waals surface area (Å²) in [5, 5.41) is 3.39. The first kappa shape index (κ1) is 13.6. The number of aryl methyl sites for hydroxylation is 2. The van der Waals surface area contributed by atoms with Gasteiger partial charge in [-0.3, -0.25) is 4.90 Å².